The summed E-state index contributed by atoms with van der Waals surface area (Å²) in [5.41, 5.74) is 0.560. The van der Waals surface area contributed by atoms with Gasteiger partial charge in [0, 0.05) is 30.0 Å². The minimum Gasteiger partial charge on any atom is -0.324 e. The third-order valence-electron chi connectivity index (χ3n) is 5.50. The van der Waals surface area contributed by atoms with Crippen LogP contribution in [0.2, 0.25) is 0 Å². The smallest absolute Gasteiger partial charge is 0.324 e. The number of alkyl halides is 3. The average Bonchev–Trinajstić information content (AvgIpc) is 3.37. The molecule has 1 aliphatic carbocycles. The summed E-state index contributed by atoms with van der Waals surface area (Å²) in [5, 5.41) is 13.2. The van der Waals surface area contributed by atoms with Crippen LogP contribution in [-0.4, -0.2) is 31.4 Å². The van der Waals surface area contributed by atoms with Crippen molar-refractivity contribution in [1.29, 1.82) is 0 Å². The zero-order valence-corrected chi connectivity index (χ0v) is 19.9. The minimum absolute atomic E-state index is 0.0664. The van der Waals surface area contributed by atoms with Crippen molar-refractivity contribution in [2.45, 2.75) is 51.4 Å². The molecule has 180 valence electrons. The second-order valence-electron chi connectivity index (χ2n) is 8.00. The highest BCUT2D eigenvalue weighted by atomic mass is 79.9. The van der Waals surface area contributed by atoms with Crippen molar-refractivity contribution >= 4 is 39.1 Å². The fourth-order valence-electron chi connectivity index (χ4n) is 3.63. The van der Waals surface area contributed by atoms with E-state index in [1.54, 1.807) is 35.0 Å². The summed E-state index contributed by atoms with van der Waals surface area (Å²) in [6.45, 7) is 3.90. The lowest BCUT2D eigenvalue weighted by atomic mass is 10.2. The molecule has 4 rings (SSSR count). The van der Waals surface area contributed by atoms with Crippen LogP contribution in [0.1, 0.15) is 60.5 Å². The first-order valence-electron chi connectivity index (χ1n) is 10.7. The van der Waals surface area contributed by atoms with Gasteiger partial charge in [0.2, 0.25) is 5.91 Å². The Labute approximate surface area is 201 Å². The predicted octanol–water partition coefficient (Wildman–Crippen LogP) is 5.21. The van der Waals surface area contributed by atoms with Gasteiger partial charge in [-0.1, -0.05) is 6.07 Å². The van der Waals surface area contributed by atoms with Gasteiger partial charge in [-0.3, -0.25) is 19.0 Å². The molecule has 2 aromatic heterocycles. The molecule has 1 aromatic carbocycles. The summed E-state index contributed by atoms with van der Waals surface area (Å²) in [6.07, 6.45) is -1.61. The Morgan fingerprint density at radius 2 is 1.88 bits per heavy atom. The van der Waals surface area contributed by atoms with Crippen LogP contribution in [0.5, 0.6) is 0 Å². The number of amides is 2. The van der Waals surface area contributed by atoms with Crippen molar-refractivity contribution in [3.05, 3.63) is 58.1 Å². The highest BCUT2D eigenvalue weighted by Crippen LogP contribution is 2.47. The van der Waals surface area contributed by atoms with E-state index in [0.717, 1.165) is 17.5 Å². The third-order valence-corrected chi connectivity index (χ3v) is 6.28. The molecular formula is C22H22BrF3N6O2. The van der Waals surface area contributed by atoms with E-state index in [0.29, 0.717) is 29.3 Å². The summed E-state index contributed by atoms with van der Waals surface area (Å²) < 4.78 is 42.8. The van der Waals surface area contributed by atoms with Gasteiger partial charge in [-0.25, -0.2) is 0 Å². The minimum atomic E-state index is -4.64. The number of rotatable bonds is 7. The molecular weight excluding hydrogens is 517 g/mol. The summed E-state index contributed by atoms with van der Waals surface area (Å²) >= 11 is 3.04. The highest BCUT2D eigenvalue weighted by molar-refractivity contribution is 9.10. The van der Waals surface area contributed by atoms with Gasteiger partial charge in [0.15, 0.2) is 5.69 Å². The standard InChI is InChI=1S/C22H22BrF3N6O2/c1-3-31-16(9-10-27-31)21(34)29-15-6-4-5-14(11-15)28-20(33)12(2)32-18(13-7-8-13)17(23)19(30-32)22(24,25)26/h4-6,9-13H,3,7-8H2,1-2H3,(H,28,33)(H,29,34). The van der Waals surface area contributed by atoms with E-state index < -0.39 is 23.8 Å². The van der Waals surface area contributed by atoms with E-state index in [1.807, 2.05) is 6.92 Å². The van der Waals surface area contributed by atoms with Crippen molar-refractivity contribution in [3.63, 3.8) is 0 Å². The Balaban J connectivity index is 1.51. The maximum Gasteiger partial charge on any atom is 0.436 e. The van der Waals surface area contributed by atoms with E-state index in [4.69, 9.17) is 0 Å². The number of hydrogen-bond acceptors (Lipinski definition) is 4. The summed E-state index contributed by atoms with van der Waals surface area (Å²) in [5.74, 6) is -0.951. The number of hydrogen-bond donors (Lipinski definition) is 2. The van der Waals surface area contributed by atoms with Gasteiger partial charge in [-0.15, -0.1) is 0 Å². The van der Waals surface area contributed by atoms with Crippen molar-refractivity contribution in [2.24, 2.45) is 0 Å². The normalized spacial score (nSPS) is 14.6. The van der Waals surface area contributed by atoms with Crippen LogP contribution in [0.25, 0.3) is 0 Å². The molecule has 3 aromatic rings. The number of benzene rings is 1. The number of carbonyl (C=O) groups excluding carboxylic acids is 2. The molecule has 0 aliphatic heterocycles. The molecule has 0 spiro atoms. The van der Waals surface area contributed by atoms with Crippen LogP contribution >= 0.6 is 15.9 Å². The van der Waals surface area contributed by atoms with Crippen LogP contribution in [0.4, 0.5) is 24.5 Å². The molecule has 0 radical (unpaired) electrons. The Bertz CT molecular complexity index is 1230. The molecule has 0 saturated heterocycles. The molecule has 1 atom stereocenters. The van der Waals surface area contributed by atoms with E-state index in [-0.39, 0.29) is 16.3 Å². The Hall–Kier alpha value is -3.15. The van der Waals surface area contributed by atoms with Crippen molar-refractivity contribution in [3.8, 4) is 0 Å². The lowest BCUT2D eigenvalue weighted by molar-refractivity contribution is -0.142. The number of aromatic nitrogens is 4. The van der Waals surface area contributed by atoms with Crippen molar-refractivity contribution < 1.29 is 22.8 Å². The van der Waals surface area contributed by atoms with Crippen molar-refractivity contribution in [1.82, 2.24) is 19.6 Å². The van der Waals surface area contributed by atoms with Crippen LogP contribution in [0.15, 0.2) is 41.0 Å². The summed E-state index contributed by atoms with van der Waals surface area (Å²) in [6, 6.07) is 7.11. The number of halogens is 4. The number of anilines is 2. The topological polar surface area (TPSA) is 93.8 Å². The highest BCUT2D eigenvalue weighted by Gasteiger charge is 2.43. The summed E-state index contributed by atoms with van der Waals surface area (Å²) in [4.78, 5) is 25.5. The summed E-state index contributed by atoms with van der Waals surface area (Å²) in [7, 11) is 0. The zero-order chi connectivity index (χ0) is 24.6. The average molecular weight is 539 g/mol. The molecule has 34 heavy (non-hydrogen) atoms. The van der Waals surface area contributed by atoms with Gasteiger partial charge in [0.1, 0.15) is 11.7 Å². The molecule has 1 aliphatic rings. The first kappa shape index (κ1) is 24.0. The number of carbonyl (C=O) groups is 2. The maximum absolute atomic E-state index is 13.4. The van der Waals surface area contributed by atoms with Gasteiger partial charge >= 0.3 is 6.18 Å². The van der Waals surface area contributed by atoms with Crippen LogP contribution in [0, 0.1) is 0 Å². The Morgan fingerprint density at radius 3 is 2.50 bits per heavy atom. The van der Waals surface area contributed by atoms with E-state index in [1.165, 1.54) is 13.1 Å². The molecule has 2 amide bonds. The number of aryl methyl sites for hydroxylation is 1. The second-order valence-corrected chi connectivity index (χ2v) is 8.79. The largest absolute Gasteiger partial charge is 0.436 e. The SMILES string of the molecule is CCn1nccc1C(=O)Nc1cccc(NC(=O)C(C)n2nc(C(F)(F)F)c(Br)c2C2CC2)c1. The number of nitrogens with zero attached hydrogens (tertiary/aromatic N) is 4. The molecule has 2 N–H and O–H groups in total. The zero-order valence-electron chi connectivity index (χ0n) is 18.4. The monoisotopic (exact) mass is 538 g/mol. The van der Waals surface area contributed by atoms with Gasteiger partial charge in [-0.2, -0.15) is 23.4 Å². The van der Waals surface area contributed by atoms with Gasteiger partial charge in [0.25, 0.3) is 5.91 Å². The molecule has 12 heteroatoms. The second kappa shape index (κ2) is 9.24. The molecule has 8 nitrogen and oxygen atoms in total. The van der Waals surface area contributed by atoms with Crippen LogP contribution in [-0.2, 0) is 17.5 Å². The maximum atomic E-state index is 13.4. The lowest BCUT2D eigenvalue weighted by Gasteiger charge is -2.16. The Morgan fingerprint density at radius 1 is 1.21 bits per heavy atom. The van der Waals surface area contributed by atoms with Crippen LogP contribution in [0.3, 0.4) is 0 Å². The first-order valence-corrected chi connectivity index (χ1v) is 11.5. The van der Waals surface area contributed by atoms with E-state index in [9.17, 15) is 22.8 Å². The molecule has 1 fully saturated rings. The molecule has 0 bridgehead atoms. The Kier molecular flexibility index (Phi) is 6.52. The van der Waals surface area contributed by atoms with Gasteiger partial charge in [0.05, 0.1) is 10.2 Å². The first-order chi connectivity index (χ1) is 16.1. The van der Waals surface area contributed by atoms with Crippen molar-refractivity contribution in [2.75, 3.05) is 10.6 Å². The molecule has 1 unspecified atom stereocenters. The van der Waals surface area contributed by atoms with Crippen LogP contribution < -0.4 is 10.6 Å². The fourth-order valence-corrected chi connectivity index (χ4v) is 4.44. The molecule has 2 heterocycles. The third kappa shape index (κ3) is 4.86. The fraction of sp³-hybridized carbons (Fsp3) is 0.364. The predicted molar refractivity (Wildman–Crippen MR) is 123 cm³/mol. The van der Waals surface area contributed by atoms with E-state index in [2.05, 4.69) is 36.8 Å². The number of nitrogens with one attached hydrogen (secondary N) is 2. The quantitative estimate of drug-likeness (QED) is 0.431. The van der Waals surface area contributed by atoms with Gasteiger partial charge in [-0.05, 0) is 66.9 Å². The lowest BCUT2D eigenvalue weighted by Crippen LogP contribution is -2.26. The molecule has 1 saturated carbocycles. The van der Waals surface area contributed by atoms with Gasteiger partial charge < -0.3 is 10.6 Å². The van der Waals surface area contributed by atoms with E-state index >= 15 is 0 Å².